The van der Waals surface area contributed by atoms with Gasteiger partial charge in [-0.1, -0.05) is 29.3 Å². The number of hydrogen-bond donors (Lipinski definition) is 1. The number of rotatable bonds is 1. The van der Waals surface area contributed by atoms with Crippen LogP contribution in [0.2, 0.25) is 10.0 Å². The maximum Gasteiger partial charge on any atom is 0.0624 e. The van der Waals surface area contributed by atoms with Crippen molar-refractivity contribution in [3.63, 3.8) is 0 Å². The van der Waals surface area contributed by atoms with E-state index in [1.54, 1.807) is 6.07 Å². The summed E-state index contributed by atoms with van der Waals surface area (Å²) >= 11 is 11.8. The van der Waals surface area contributed by atoms with E-state index >= 15 is 0 Å². The summed E-state index contributed by atoms with van der Waals surface area (Å²) < 4.78 is 0. The van der Waals surface area contributed by atoms with Gasteiger partial charge in [0.1, 0.15) is 0 Å². The maximum absolute atomic E-state index is 5.94. The highest BCUT2D eigenvalue weighted by atomic mass is 35.5. The van der Waals surface area contributed by atoms with Gasteiger partial charge in [-0.25, -0.2) is 0 Å². The fourth-order valence-electron chi connectivity index (χ4n) is 1.16. The predicted molar refractivity (Wildman–Crippen MR) is 53.8 cm³/mol. The molecule has 0 spiro atoms. The molecular formula is C9H11Cl2N. The van der Waals surface area contributed by atoms with Crippen LogP contribution in [0.5, 0.6) is 0 Å². The number of hydrogen-bond acceptors (Lipinski definition) is 1. The van der Waals surface area contributed by atoms with E-state index in [1.807, 2.05) is 19.9 Å². The molecule has 0 aliphatic heterocycles. The van der Waals surface area contributed by atoms with Gasteiger partial charge in [0.05, 0.1) is 10.0 Å². The van der Waals surface area contributed by atoms with Crippen molar-refractivity contribution in [2.75, 3.05) is 0 Å². The summed E-state index contributed by atoms with van der Waals surface area (Å²) in [5.41, 5.74) is 7.75. The Morgan fingerprint density at radius 2 is 1.92 bits per heavy atom. The van der Waals surface area contributed by atoms with Gasteiger partial charge < -0.3 is 5.73 Å². The third-order valence-electron chi connectivity index (χ3n) is 1.87. The topological polar surface area (TPSA) is 26.0 Å². The lowest BCUT2D eigenvalue weighted by Gasteiger charge is -2.11. The molecule has 0 fully saturated rings. The first kappa shape index (κ1) is 9.85. The average Bonchev–Trinajstić information content (AvgIpc) is 2.00. The van der Waals surface area contributed by atoms with Crippen LogP contribution in [-0.2, 0) is 0 Å². The molecule has 2 N–H and O–H groups in total. The molecule has 1 aromatic rings. The molecule has 12 heavy (non-hydrogen) atoms. The molecule has 66 valence electrons. The second-order valence-electron chi connectivity index (χ2n) is 2.86. The molecule has 1 nitrogen and oxygen atoms in total. The molecule has 0 unspecified atom stereocenters. The van der Waals surface area contributed by atoms with E-state index in [0.29, 0.717) is 10.0 Å². The van der Waals surface area contributed by atoms with Crippen LogP contribution in [-0.4, -0.2) is 0 Å². The standard InChI is InChI=1S/C9H11Cl2N/c1-5-7(6(2)12)3-4-8(10)9(5)11/h3-4,6H,12H2,1-2H3/t6-/m1/s1. The van der Waals surface area contributed by atoms with Gasteiger partial charge in [0.15, 0.2) is 0 Å². The van der Waals surface area contributed by atoms with Gasteiger partial charge in [0, 0.05) is 6.04 Å². The Bertz CT molecular complexity index is 295. The first-order valence-corrected chi connectivity index (χ1v) is 4.49. The molecule has 1 aromatic carbocycles. The second-order valence-corrected chi connectivity index (χ2v) is 3.65. The molecular weight excluding hydrogens is 193 g/mol. The van der Waals surface area contributed by atoms with Crippen LogP contribution in [0, 0.1) is 6.92 Å². The van der Waals surface area contributed by atoms with Gasteiger partial charge in [-0.05, 0) is 31.0 Å². The Morgan fingerprint density at radius 3 is 2.42 bits per heavy atom. The van der Waals surface area contributed by atoms with Crippen molar-refractivity contribution in [3.05, 3.63) is 33.3 Å². The Morgan fingerprint density at radius 1 is 1.33 bits per heavy atom. The van der Waals surface area contributed by atoms with Crippen LogP contribution >= 0.6 is 23.2 Å². The van der Waals surface area contributed by atoms with Crippen molar-refractivity contribution < 1.29 is 0 Å². The number of benzene rings is 1. The highest BCUT2D eigenvalue weighted by Gasteiger charge is 2.08. The van der Waals surface area contributed by atoms with Crippen molar-refractivity contribution in [1.29, 1.82) is 0 Å². The molecule has 0 saturated heterocycles. The minimum atomic E-state index is -0.000216. The van der Waals surface area contributed by atoms with Crippen molar-refractivity contribution in [2.45, 2.75) is 19.9 Å². The monoisotopic (exact) mass is 203 g/mol. The third-order valence-corrected chi connectivity index (χ3v) is 2.77. The lowest BCUT2D eigenvalue weighted by atomic mass is 10.0. The van der Waals surface area contributed by atoms with E-state index < -0.39 is 0 Å². The van der Waals surface area contributed by atoms with Gasteiger partial charge in [-0.2, -0.15) is 0 Å². The highest BCUT2D eigenvalue weighted by Crippen LogP contribution is 2.29. The van der Waals surface area contributed by atoms with Gasteiger partial charge >= 0.3 is 0 Å². The van der Waals surface area contributed by atoms with Gasteiger partial charge in [-0.15, -0.1) is 0 Å². The summed E-state index contributed by atoms with van der Waals surface area (Å²) in [6, 6.07) is 3.68. The van der Waals surface area contributed by atoms with Crippen molar-refractivity contribution in [3.8, 4) is 0 Å². The van der Waals surface area contributed by atoms with Crippen LogP contribution in [0.15, 0.2) is 12.1 Å². The summed E-state index contributed by atoms with van der Waals surface area (Å²) in [6.07, 6.45) is 0. The minimum Gasteiger partial charge on any atom is -0.324 e. The van der Waals surface area contributed by atoms with E-state index in [2.05, 4.69) is 0 Å². The van der Waals surface area contributed by atoms with E-state index in [4.69, 9.17) is 28.9 Å². The number of halogens is 2. The third kappa shape index (κ3) is 1.74. The molecule has 0 saturated carbocycles. The molecule has 1 atom stereocenters. The normalized spacial score (nSPS) is 13.1. The Hall–Kier alpha value is -0.240. The molecule has 0 heterocycles. The molecule has 3 heteroatoms. The summed E-state index contributed by atoms with van der Waals surface area (Å²) in [4.78, 5) is 0. The number of nitrogens with two attached hydrogens (primary N) is 1. The maximum atomic E-state index is 5.94. The zero-order valence-corrected chi connectivity index (χ0v) is 8.58. The fraction of sp³-hybridized carbons (Fsp3) is 0.333. The van der Waals surface area contributed by atoms with Crippen LogP contribution in [0.4, 0.5) is 0 Å². The van der Waals surface area contributed by atoms with Crippen LogP contribution < -0.4 is 5.73 Å². The van der Waals surface area contributed by atoms with Crippen molar-refractivity contribution in [1.82, 2.24) is 0 Å². The minimum absolute atomic E-state index is 0.000216. The Kier molecular flexibility index (Phi) is 2.99. The van der Waals surface area contributed by atoms with Crippen molar-refractivity contribution >= 4 is 23.2 Å². The zero-order chi connectivity index (χ0) is 9.30. The highest BCUT2D eigenvalue weighted by molar-refractivity contribution is 6.42. The summed E-state index contributed by atoms with van der Waals surface area (Å²) in [5.74, 6) is 0. The molecule has 0 aromatic heterocycles. The lowest BCUT2D eigenvalue weighted by molar-refractivity contribution is 0.810. The van der Waals surface area contributed by atoms with E-state index in [0.717, 1.165) is 11.1 Å². The Balaban J connectivity index is 3.27. The van der Waals surface area contributed by atoms with Gasteiger partial charge in [-0.3, -0.25) is 0 Å². The molecule has 0 bridgehead atoms. The van der Waals surface area contributed by atoms with Crippen LogP contribution in [0.25, 0.3) is 0 Å². The zero-order valence-electron chi connectivity index (χ0n) is 7.07. The van der Waals surface area contributed by atoms with E-state index in [1.165, 1.54) is 0 Å². The molecule has 0 radical (unpaired) electrons. The Labute approximate surface area is 82.5 Å². The fourth-order valence-corrected chi connectivity index (χ4v) is 1.54. The average molecular weight is 204 g/mol. The second kappa shape index (κ2) is 3.65. The summed E-state index contributed by atoms with van der Waals surface area (Å²) in [7, 11) is 0. The van der Waals surface area contributed by atoms with Crippen LogP contribution in [0.1, 0.15) is 24.1 Å². The first-order valence-electron chi connectivity index (χ1n) is 3.74. The van der Waals surface area contributed by atoms with Crippen molar-refractivity contribution in [2.24, 2.45) is 5.73 Å². The summed E-state index contributed by atoms with van der Waals surface area (Å²) in [6.45, 7) is 3.85. The van der Waals surface area contributed by atoms with Gasteiger partial charge in [0.25, 0.3) is 0 Å². The van der Waals surface area contributed by atoms with E-state index in [9.17, 15) is 0 Å². The SMILES string of the molecule is Cc1c([C@@H](C)N)ccc(Cl)c1Cl. The molecule has 0 aliphatic rings. The smallest absolute Gasteiger partial charge is 0.0624 e. The molecule has 0 amide bonds. The predicted octanol–water partition coefficient (Wildman–Crippen LogP) is 3.32. The molecule has 0 aliphatic carbocycles. The lowest BCUT2D eigenvalue weighted by Crippen LogP contribution is -2.06. The van der Waals surface area contributed by atoms with Gasteiger partial charge in [0.2, 0.25) is 0 Å². The largest absolute Gasteiger partial charge is 0.324 e. The first-order chi connectivity index (χ1) is 5.54. The van der Waals surface area contributed by atoms with Crippen LogP contribution in [0.3, 0.4) is 0 Å². The quantitative estimate of drug-likeness (QED) is 0.745. The molecule has 1 rings (SSSR count). The summed E-state index contributed by atoms with van der Waals surface area (Å²) in [5, 5.41) is 1.19. The van der Waals surface area contributed by atoms with E-state index in [-0.39, 0.29) is 6.04 Å².